The molecule has 0 unspecified atom stereocenters. The van der Waals surface area contributed by atoms with Crippen LogP contribution >= 0.6 is 0 Å². The SMILES string of the molecule is O=C(NC1CCCC1)c1ccc2c(=O)n(Cc3ccco3)c(=O)n(Cc3cccc([N+](=O)[O-])c3)c2c1. The van der Waals surface area contributed by atoms with Crippen molar-refractivity contribution in [3.8, 4) is 0 Å². The zero-order valence-electron chi connectivity index (χ0n) is 19.4. The van der Waals surface area contributed by atoms with Gasteiger partial charge in [0.05, 0.1) is 35.2 Å². The standard InChI is InChI=1S/C26H24N4O6/c31-24(27-19-6-1-2-7-19)18-10-11-22-23(14-18)28(15-17-5-3-8-20(13-17)30(34)35)26(33)29(25(22)32)16-21-9-4-12-36-21/h3-5,8-14,19H,1-2,6-7,15-16H2,(H,27,31). The molecule has 0 saturated heterocycles. The van der Waals surface area contributed by atoms with Crippen molar-refractivity contribution in [2.75, 3.05) is 0 Å². The Hall–Kier alpha value is -4.47. The van der Waals surface area contributed by atoms with Gasteiger partial charge in [0.2, 0.25) is 0 Å². The van der Waals surface area contributed by atoms with Crippen LogP contribution in [0.3, 0.4) is 0 Å². The number of nitrogens with zero attached hydrogens (tertiary/aromatic N) is 3. The van der Waals surface area contributed by atoms with Crippen LogP contribution in [0.25, 0.3) is 10.9 Å². The molecule has 4 aromatic rings. The van der Waals surface area contributed by atoms with Crippen molar-refractivity contribution in [3.63, 3.8) is 0 Å². The number of nitro benzene ring substituents is 1. The molecule has 0 aliphatic heterocycles. The average molecular weight is 489 g/mol. The molecule has 1 aliphatic carbocycles. The van der Waals surface area contributed by atoms with Gasteiger partial charge in [-0.2, -0.15) is 0 Å². The predicted molar refractivity (Wildman–Crippen MR) is 132 cm³/mol. The van der Waals surface area contributed by atoms with Crippen molar-refractivity contribution in [1.29, 1.82) is 0 Å². The number of nitro groups is 1. The Bertz CT molecular complexity index is 1560. The summed E-state index contributed by atoms with van der Waals surface area (Å²) in [4.78, 5) is 50.5. The number of rotatable bonds is 7. The van der Waals surface area contributed by atoms with Crippen molar-refractivity contribution in [2.45, 2.75) is 44.8 Å². The molecule has 36 heavy (non-hydrogen) atoms. The highest BCUT2D eigenvalue weighted by molar-refractivity contribution is 5.98. The minimum Gasteiger partial charge on any atom is -0.467 e. The van der Waals surface area contributed by atoms with Crippen LogP contribution in [0.4, 0.5) is 5.69 Å². The number of aromatic nitrogens is 2. The lowest BCUT2D eigenvalue weighted by molar-refractivity contribution is -0.384. The summed E-state index contributed by atoms with van der Waals surface area (Å²) < 4.78 is 7.77. The molecule has 10 nitrogen and oxygen atoms in total. The molecule has 1 fully saturated rings. The third-order valence-corrected chi connectivity index (χ3v) is 6.53. The fraction of sp³-hybridized carbons (Fsp3) is 0.269. The number of fused-ring (bicyclic) bond motifs is 1. The van der Waals surface area contributed by atoms with E-state index in [1.54, 1.807) is 36.4 Å². The molecule has 0 spiro atoms. The van der Waals surface area contributed by atoms with Crippen LogP contribution in [0.5, 0.6) is 0 Å². The van der Waals surface area contributed by atoms with Gasteiger partial charge in [0.1, 0.15) is 5.76 Å². The second kappa shape index (κ2) is 9.65. The zero-order chi connectivity index (χ0) is 25.2. The minimum atomic E-state index is -0.608. The van der Waals surface area contributed by atoms with Crippen molar-refractivity contribution < 1.29 is 14.1 Å². The molecule has 10 heteroatoms. The first-order valence-electron chi connectivity index (χ1n) is 11.7. The van der Waals surface area contributed by atoms with Crippen LogP contribution in [-0.4, -0.2) is 26.0 Å². The second-order valence-corrected chi connectivity index (χ2v) is 8.95. The summed E-state index contributed by atoms with van der Waals surface area (Å²) in [5, 5.41) is 14.5. The van der Waals surface area contributed by atoms with E-state index in [2.05, 4.69) is 5.32 Å². The number of carbonyl (C=O) groups is 1. The monoisotopic (exact) mass is 488 g/mol. The van der Waals surface area contributed by atoms with Crippen LogP contribution in [0.15, 0.2) is 74.9 Å². The van der Waals surface area contributed by atoms with E-state index in [1.807, 2.05) is 0 Å². The van der Waals surface area contributed by atoms with Gasteiger partial charge in [0.15, 0.2) is 0 Å². The molecule has 5 rings (SSSR count). The Morgan fingerprint density at radius 1 is 1.03 bits per heavy atom. The molecule has 1 N–H and O–H groups in total. The van der Waals surface area contributed by atoms with E-state index in [4.69, 9.17) is 4.42 Å². The molecule has 1 aliphatic rings. The number of nitrogens with one attached hydrogen (secondary N) is 1. The van der Waals surface area contributed by atoms with Crippen LogP contribution in [-0.2, 0) is 13.1 Å². The van der Waals surface area contributed by atoms with E-state index < -0.39 is 16.2 Å². The third kappa shape index (κ3) is 4.57. The van der Waals surface area contributed by atoms with Crippen LogP contribution in [0.1, 0.15) is 47.4 Å². The number of hydrogen-bond donors (Lipinski definition) is 1. The summed E-state index contributed by atoms with van der Waals surface area (Å²) in [5.74, 6) is 0.168. The average Bonchev–Trinajstić information content (AvgIpc) is 3.59. The Morgan fingerprint density at radius 3 is 2.56 bits per heavy atom. The molecule has 0 radical (unpaired) electrons. The number of amides is 1. The van der Waals surface area contributed by atoms with Crippen LogP contribution < -0.4 is 16.6 Å². The maximum atomic E-state index is 13.6. The van der Waals surface area contributed by atoms with Gasteiger partial charge < -0.3 is 9.73 Å². The van der Waals surface area contributed by atoms with Gasteiger partial charge in [-0.15, -0.1) is 0 Å². The van der Waals surface area contributed by atoms with Gasteiger partial charge >= 0.3 is 5.69 Å². The number of non-ortho nitro benzene ring substituents is 1. The fourth-order valence-corrected chi connectivity index (χ4v) is 4.70. The first-order valence-corrected chi connectivity index (χ1v) is 11.7. The summed E-state index contributed by atoms with van der Waals surface area (Å²) >= 11 is 0. The lowest BCUT2D eigenvalue weighted by Gasteiger charge is -2.16. The van der Waals surface area contributed by atoms with Gasteiger partial charge in [-0.3, -0.25) is 28.8 Å². The Morgan fingerprint density at radius 2 is 1.83 bits per heavy atom. The largest absolute Gasteiger partial charge is 0.467 e. The maximum absolute atomic E-state index is 13.6. The van der Waals surface area contributed by atoms with Crippen LogP contribution in [0.2, 0.25) is 0 Å². The summed E-state index contributed by atoms with van der Waals surface area (Å²) in [6.45, 7) is -0.0946. The molecule has 1 saturated carbocycles. The lowest BCUT2D eigenvalue weighted by atomic mass is 10.1. The highest BCUT2D eigenvalue weighted by Crippen LogP contribution is 2.20. The molecule has 0 bridgehead atoms. The minimum absolute atomic E-state index is 0.0247. The van der Waals surface area contributed by atoms with Crippen molar-refractivity contribution in [1.82, 2.24) is 14.5 Å². The van der Waals surface area contributed by atoms with E-state index in [0.29, 0.717) is 16.9 Å². The lowest BCUT2D eigenvalue weighted by Crippen LogP contribution is -2.40. The fourth-order valence-electron chi connectivity index (χ4n) is 4.70. The third-order valence-electron chi connectivity index (χ3n) is 6.53. The predicted octanol–water partition coefficient (Wildman–Crippen LogP) is 3.43. The van der Waals surface area contributed by atoms with Gasteiger partial charge in [0.25, 0.3) is 17.2 Å². The number of hydrogen-bond acceptors (Lipinski definition) is 6. The molecular weight excluding hydrogens is 464 g/mol. The van der Waals surface area contributed by atoms with E-state index in [9.17, 15) is 24.5 Å². The quantitative estimate of drug-likeness (QED) is 0.313. The molecule has 2 aromatic heterocycles. The number of benzene rings is 2. The summed E-state index contributed by atoms with van der Waals surface area (Å²) in [6.07, 6.45) is 5.45. The molecule has 184 valence electrons. The van der Waals surface area contributed by atoms with Gasteiger partial charge in [0, 0.05) is 23.7 Å². The van der Waals surface area contributed by atoms with Crippen molar-refractivity contribution in [3.05, 3.63) is 109 Å². The van der Waals surface area contributed by atoms with Crippen molar-refractivity contribution >= 4 is 22.5 Å². The van der Waals surface area contributed by atoms with Gasteiger partial charge in [-0.25, -0.2) is 4.79 Å². The second-order valence-electron chi connectivity index (χ2n) is 8.95. The van der Waals surface area contributed by atoms with E-state index >= 15 is 0 Å². The molecule has 2 aromatic carbocycles. The normalized spacial score (nSPS) is 13.8. The maximum Gasteiger partial charge on any atom is 0.332 e. The first kappa shape index (κ1) is 23.3. The number of furan rings is 1. The van der Waals surface area contributed by atoms with Crippen molar-refractivity contribution in [2.24, 2.45) is 0 Å². The summed E-state index contributed by atoms with van der Waals surface area (Å²) in [6, 6.07) is 14.1. The Labute approximate surface area is 204 Å². The van der Waals surface area contributed by atoms with E-state index in [1.165, 1.54) is 29.0 Å². The molecule has 1 amide bonds. The summed E-state index contributed by atoms with van der Waals surface area (Å²) in [7, 11) is 0. The zero-order valence-corrected chi connectivity index (χ0v) is 19.4. The Balaban J connectivity index is 1.63. The van der Waals surface area contributed by atoms with Crippen LogP contribution in [0, 0.1) is 10.1 Å². The topological polar surface area (TPSA) is 129 Å². The molecule has 2 heterocycles. The Kier molecular flexibility index (Phi) is 6.24. The molecular formula is C26H24N4O6. The van der Waals surface area contributed by atoms with E-state index in [0.717, 1.165) is 30.3 Å². The highest BCUT2D eigenvalue weighted by atomic mass is 16.6. The number of carbonyl (C=O) groups excluding carboxylic acids is 1. The van der Waals surface area contributed by atoms with Gasteiger partial charge in [-0.1, -0.05) is 25.0 Å². The summed E-state index contributed by atoms with van der Waals surface area (Å²) in [5.41, 5.74) is -0.0914. The van der Waals surface area contributed by atoms with Gasteiger partial charge in [-0.05, 0) is 48.7 Å². The van der Waals surface area contributed by atoms with E-state index in [-0.39, 0.29) is 41.6 Å². The smallest absolute Gasteiger partial charge is 0.332 e. The molecule has 0 atom stereocenters. The first-order chi connectivity index (χ1) is 17.4. The highest BCUT2D eigenvalue weighted by Gasteiger charge is 2.20.